The Kier molecular flexibility index (Phi) is 6.61. The van der Waals surface area contributed by atoms with Crippen LogP contribution in [0.2, 0.25) is 0 Å². The molecule has 0 spiro atoms. The number of benzene rings is 1. The summed E-state index contributed by atoms with van der Waals surface area (Å²) in [6.45, 7) is 1.32. The van der Waals surface area contributed by atoms with Gasteiger partial charge in [0.15, 0.2) is 13.2 Å². The molecule has 0 bridgehead atoms. The average molecular weight is 398 g/mol. The van der Waals surface area contributed by atoms with Crippen LogP contribution in [0.1, 0.15) is 17.8 Å². The molecule has 0 saturated heterocycles. The summed E-state index contributed by atoms with van der Waals surface area (Å²) in [5.41, 5.74) is 0. The summed E-state index contributed by atoms with van der Waals surface area (Å²) in [5.74, 6) is -0.379. The van der Waals surface area contributed by atoms with Crippen molar-refractivity contribution < 1.29 is 19.1 Å². The molecule has 0 radical (unpaired) electrons. The second kappa shape index (κ2) is 8.69. The number of ether oxygens (including phenoxy) is 2. The van der Waals surface area contributed by atoms with Crippen LogP contribution in [0.3, 0.4) is 0 Å². The van der Waals surface area contributed by atoms with Gasteiger partial charge in [-0.3, -0.25) is 4.79 Å². The van der Waals surface area contributed by atoms with Crippen LogP contribution < -0.4 is 10.1 Å². The summed E-state index contributed by atoms with van der Waals surface area (Å²) in [4.78, 5) is 24.3. The van der Waals surface area contributed by atoms with Gasteiger partial charge in [-0.1, -0.05) is 22.0 Å². The van der Waals surface area contributed by atoms with E-state index in [4.69, 9.17) is 9.47 Å². The van der Waals surface area contributed by atoms with Crippen molar-refractivity contribution >= 4 is 39.1 Å². The molecule has 1 aromatic carbocycles. The van der Waals surface area contributed by atoms with Crippen molar-refractivity contribution in [1.82, 2.24) is 5.32 Å². The maximum Gasteiger partial charge on any atom is 0.344 e. The molecular weight excluding hydrogens is 382 g/mol. The molecule has 2 aromatic rings. The lowest BCUT2D eigenvalue weighted by Crippen LogP contribution is -2.31. The summed E-state index contributed by atoms with van der Waals surface area (Å²) < 4.78 is 11.1. The summed E-state index contributed by atoms with van der Waals surface area (Å²) >= 11 is 4.87. The highest BCUT2D eigenvalue weighted by molar-refractivity contribution is 9.10. The fraction of sp³-hybridized carbons (Fsp3) is 0.250. The van der Waals surface area contributed by atoms with E-state index >= 15 is 0 Å². The van der Waals surface area contributed by atoms with Crippen molar-refractivity contribution in [1.29, 1.82) is 0 Å². The van der Waals surface area contributed by atoms with Crippen molar-refractivity contribution in [2.75, 3.05) is 13.2 Å². The molecule has 0 aliphatic carbocycles. The Labute approximate surface area is 146 Å². The maximum absolute atomic E-state index is 11.7. The topological polar surface area (TPSA) is 64.6 Å². The van der Waals surface area contributed by atoms with Gasteiger partial charge in [0.2, 0.25) is 0 Å². The third kappa shape index (κ3) is 6.03. The standard InChI is InChI=1S/C16H16BrNO4S/c1-11(14-3-2-8-23-14)18-15(19)9-22-16(20)10-21-13-6-4-12(17)5-7-13/h2-8,11H,9-10H2,1H3,(H,18,19)/t11-/m0/s1. The molecule has 1 heterocycles. The summed E-state index contributed by atoms with van der Waals surface area (Å²) in [6, 6.07) is 10.8. The molecule has 0 aliphatic rings. The van der Waals surface area contributed by atoms with E-state index in [2.05, 4.69) is 21.2 Å². The first-order valence-electron chi connectivity index (χ1n) is 6.91. The van der Waals surface area contributed by atoms with E-state index in [1.54, 1.807) is 35.6 Å². The lowest BCUT2D eigenvalue weighted by Gasteiger charge is -2.12. The Morgan fingerprint density at radius 3 is 2.61 bits per heavy atom. The zero-order chi connectivity index (χ0) is 16.7. The Bertz CT molecular complexity index is 643. The normalized spacial score (nSPS) is 11.6. The van der Waals surface area contributed by atoms with Crippen LogP contribution in [0, 0.1) is 0 Å². The molecule has 1 atom stereocenters. The fourth-order valence-electron chi connectivity index (χ4n) is 1.75. The predicted octanol–water partition coefficient (Wildman–Crippen LogP) is 3.31. The molecule has 1 amide bonds. The van der Waals surface area contributed by atoms with Gasteiger partial charge in [-0.25, -0.2) is 4.79 Å². The third-order valence-electron chi connectivity index (χ3n) is 2.88. The van der Waals surface area contributed by atoms with Gasteiger partial charge in [-0.05, 0) is 42.6 Å². The van der Waals surface area contributed by atoms with Crippen LogP contribution in [0.25, 0.3) is 0 Å². The van der Waals surface area contributed by atoms with E-state index in [0.717, 1.165) is 9.35 Å². The van der Waals surface area contributed by atoms with Gasteiger partial charge in [0.25, 0.3) is 5.91 Å². The van der Waals surface area contributed by atoms with Crippen LogP contribution in [-0.2, 0) is 14.3 Å². The maximum atomic E-state index is 11.7. The van der Waals surface area contributed by atoms with E-state index < -0.39 is 5.97 Å². The lowest BCUT2D eigenvalue weighted by molar-refractivity contribution is -0.150. The minimum atomic E-state index is -0.591. The highest BCUT2D eigenvalue weighted by Crippen LogP contribution is 2.18. The average Bonchev–Trinajstić information content (AvgIpc) is 3.07. The number of carbonyl (C=O) groups is 2. The number of thiophene rings is 1. The Morgan fingerprint density at radius 2 is 1.96 bits per heavy atom. The van der Waals surface area contributed by atoms with E-state index in [9.17, 15) is 9.59 Å². The first-order valence-corrected chi connectivity index (χ1v) is 8.58. The van der Waals surface area contributed by atoms with Gasteiger partial charge in [0, 0.05) is 9.35 Å². The summed E-state index contributed by atoms with van der Waals surface area (Å²) in [6.07, 6.45) is 0. The van der Waals surface area contributed by atoms with Crippen LogP contribution in [0.4, 0.5) is 0 Å². The molecule has 0 fully saturated rings. The van der Waals surface area contributed by atoms with Gasteiger partial charge < -0.3 is 14.8 Å². The number of nitrogens with one attached hydrogen (secondary N) is 1. The van der Waals surface area contributed by atoms with Gasteiger partial charge in [0.1, 0.15) is 5.75 Å². The zero-order valence-corrected chi connectivity index (χ0v) is 14.9. The van der Waals surface area contributed by atoms with E-state index in [1.807, 2.05) is 24.4 Å². The monoisotopic (exact) mass is 397 g/mol. The molecule has 1 N–H and O–H groups in total. The van der Waals surface area contributed by atoms with Crippen molar-refractivity contribution in [3.05, 3.63) is 51.1 Å². The van der Waals surface area contributed by atoms with Crippen molar-refractivity contribution in [2.45, 2.75) is 13.0 Å². The van der Waals surface area contributed by atoms with Crippen molar-refractivity contribution in [2.24, 2.45) is 0 Å². The minimum Gasteiger partial charge on any atom is -0.482 e. The largest absolute Gasteiger partial charge is 0.482 e. The number of esters is 1. The number of rotatable bonds is 7. The second-order valence-corrected chi connectivity index (χ2v) is 6.60. The number of hydrogen-bond acceptors (Lipinski definition) is 5. The van der Waals surface area contributed by atoms with Gasteiger partial charge >= 0.3 is 5.97 Å². The van der Waals surface area contributed by atoms with Gasteiger partial charge in [0.05, 0.1) is 6.04 Å². The number of amides is 1. The third-order valence-corrected chi connectivity index (χ3v) is 4.47. The molecular formula is C16H16BrNO4S. The van der Waals surface area contributed by atoms with E-state index in [0.29, 0.717) is 5.75 Å². The molecule has 23 heavy (non-hydrogen) atoms. The van der Waals surface area contributed by atoms with Gasteiger partial charge in [-0.15, -0.1) is 11.3 Å². The van der Waals surface area contributed by atoms with E-state index in [-0.39, 0.29) is 25.2 Å². The number of carbonyl (C=O) groups excluding carboxylic acids is 2. The van der Waals surface area contributed by atoms with Crippen LogP contribution in [0.15, 0.2) is 46.3 Å². The smallest absolute Gasteiger partial charge is 0.344 e. The second-order valence-electron chi connectivity index (χ2n) is 4.71. The van der Waals surface area contributed by atoms with E-state index in [1.165, 1.54) is 0 Å². The molecule has 5 nitrogen and oxygen atoms in total. The minimum absolute atomic E-state index is 0.111. The molecule has 7 heteroatoms. The van der Waals surface area contributed by atoms with Crippen molar-refractivity contribution in [3.8, 4) is 5.75 Å². The summed E-state index contributed by atoms with van der Waals surface area (Å²) in [5, 5.41) is 4.71. The fourth-order valence-corrected chi connectivity index (χ4v) is 2.75. The molecule has 0 unspecified atom stereocenters. The Morgan fingerprint density at radius 1 is 1.22 bits per heavy atom. The quantitative estimate of drug-likeness (QED) is 0.727. The first-order chi connectivity index (χ1) is 11.0. The van der Waals surface area contributed by atoms with Crippen LogP contribution in [-0.4, -0.2) is 25.1 Å². The molecule has 122 valence electrons. The zero-order valence-electron chi connectivity index (χ0n) is 12.5. The molecule has 2 rings (SSSR count). The Hall–Kier alpha value is -1.86. The van der Waals surface area contributed by atoms with Crippen LogP contribution in [0.5, 0.6) is 5.75 Å². The highest BCUT2D eigenvalue weighted by atomic mass is 79.9. The first kappa shape index (κ1) is 17.5. The highest BCUT2D eigenvalue weighted by Gasteiger charge is 2.12. The summed E-state index contributed by atoms with van der Waals surface area (Å²) in [7, 11) is 0. The molecule has 0 aliphatic heterocycles. The predicted molar refractivity (Wildman–Crippen MR) is 91.5 cm³/mol. The lowest BCUT2D eigenvalue weighted by atomic mass is 10.3. The van der Waals surface area contributed by atoms with Gasteiger partial charge in [-0.2, -0.15) is 0 Å². The SMILES string of the molecule is C[C@H](NC(=O)COC(=O)COc1ccc(Br)cc1)c1cccs1. The Balaban J connectivity index is 1.67. The molecule has 1 aromatic heterocycles. The van der Waals surface area contributed by atoms with Crippen LogP contribution >= 0.6 is 27.3 Å². The number of hydrogen-bond donors (Lipinski definition) is 1. The molecule has 0 saturated carbocycles. The number of halogens is 1. The van der Waals surface area contributed by atoms with Crippen molar-refractivity contribution in [3.63, 3.8) is 0 Å².